The molecule has 94 valence electrons. The first kappa shape index (κ1) is 12.8. The predicted octanol–water partition coefficient (Wildman–Crippen LogP) is 3.11. The van der Waals surface area contributed by atoms with Gasteiger partial charge in [-0.2, -0.15) is 4.37 Å². The van der Waals surface area contributed by atoms with Crippen LogP contribution in [0.2, 0.25) is 0 Å². The minimum atomic E-state index is 0.0626. The third kappa shape index (κ3) is 2.76. The Hall–Kier alpha value is -1.68. The number of benzene rings is 1. The zero-order chi connectivity index (χ0) is 13.0. The number of nitrogens with zero attached hydrogens (tertiary/aromatic N) is 2. The van der Waals surface area contributed by atoms with E-state index in [2.05, 4.69) is 4.37 Å². The molecule has 2 aromatic rings. The Balaban J connectivity index is 2.15. The van der Waals surface area contributed by atoms with Crippen LogP contribution in [0.15, 0.2) is 35.7 Å². The van der Waals surface area contributed by atoms with Crippen molar-refractivity contribution in [2.45, 2.75) is 20.4 Å². The van der Waals surface area contributed by atoms with Gasteiger partial charge in [0.1, 0.15) is 0 Å². The molecule has 1 aromatic carbocycles. The topological polar surface area (TPSA) is 33.2 Å². The predicted molar refractivity (Wildman–Crippen MR) is 73.7 cm³/mol. The normalized spacial score (nSPS) is 10.3. The first-order valence-corrected chi connectivity index (χ1v) is 6.80. The second kappa shape index (κ2) is 5.78. The Morgan fingerprint density at radius 3 is 2.61 bits per heavy atom. The molecule has 0 fully saturated rings. The van der Waals surface area contributed by atoms with Crippen LogP contribution in [-0.2, 0) is 6.54 Å². The fourth-order valence-electron chi connectivity index (χ4n) is 1.80. The standard InChI is InChI=1S/C14H16N2OS/c1-3-16(9-12-7-5-4-6-8-12)14(17)13-10-18-15-11(13)2/h4-8,10H,3,9H2,1-2H3. The van der Waals surface area contributed by atoms with E-state index in [9.17, 15) is 4.79 Å². The number of carbonyl (C=O) groups is 1. The molecule has 1 heterocycles. The smallest absolute Gasteiger partial charge is 0.256 e. The van der Waals surface area contributed by atoms with Crippen molar-refractivity contribution in [2.24, 2.45) is 0 Å². The molecule has 0 N–H and O–H groups in total. The summed E-state index contributed by atoms with van der Waals surface area (Å²) in [7, 11) is 0. The van der Waals surface area contributed by atoms with Crippen molar-refractivity contribution >= 4 is 17.4 Å². The fourth-order valence-corrected chi connectivity index (χ4v) is 2.49. The largest absolute Gasteiger partial charge is 0.335 e. The van der Waals surface area contributed by atoms with Crippen LogP contribution in [0, 0.1) is 6.92 Å². The lowest BCUT2D eigenvalue weighted by Crippen LogP contribution is -2.30. The van der Waals surface area contributed by atoms with Crippen LogP contribution in [0.25, 0.3) is 0 Å². The molecule has 2 rings (SSSR count). The van der Waals surface area contributed by atoms with Gasteiger partial charge in [0.05, 0.1) is 11.3 Å². The maximum absolute atomic E-state index is 12.4. The zero-order valence-electron chi connectivity index (χ0n) is 10.6. The molecule has 0 radical (unpaired) electrons. The molecule has 0 bridgehead atoms. The Kier molecular flexibility index (Phi) is 4.10. The van der Waals surface area contributed by atoms with Gasteiger partial charge in [-0.25, -0.2) is 0 Å². The van der Waals surface area contributed by atoms with Crippen LogP contribution >= 0.6 is 11.5 Å². The zero-order valence-corrected chi connectivity index (χ0v) is 11.4. The third-order valence-electron chi connectivity index (χ3n) is 2.87. The highest BCUT2D eigenvalue weighted by molar-refractivity contribution is 7.03. The summed E-state index contributed by atoms with van der Waals surface area (Å²) < 4.78 is 4.16. The van der Waals surface area contributed by atoms with E-state index in [0.29, 0.717) is 13.1 Å². The molecular weight excluding hydrogens is 244 g/mol. The van der Waals surface area contributed by atoms with Crippen LogP contribution in [0.5, 0.6) is 0 Å². The quantitative estimate of drug-likeness (QED) is 0.846. The van der Waals surface area contributed by atoms with Crippen molar-refractivity contribution in [3.8, 4) is 0 Å². The van der Waals surface area contributed by atoms with Gasteiger partial charge in [-0.05, 0) is 30.9 Å². The van der Waals surface area contributed by atoms with Crippen molar-refractivity contribution in [2.75, 3.05) is 6.54 Å². The van der Waals surface area contributed by atoms with Gasteiger partial charge in [0, 0.05) is 18.5 Å². The average Bonchev–Trinajstić information content (AvgIpc) is 2.82. The number of hydrogen-bond acceptors (Lipinski definition) is 3. The molecule has 0 unspecified atom stereocenters. The lowest BCUT2D eigenvalue weighted by atomic mass is 10.2. The summed E-state index contributed by atoms with van der Waals surface area (Å²) in [5.41, 5.74) is 2.68. The summed E-state index contributed by atoms with van der Waals surface area (Å²) in [6.07, 6.45) is 0. The maximum Gasteiger partial charge on any atom is 0.256 e. The lowest BCUT2D eigenvalue weighted by molar-refractivity contribution is 0.0752. The molecule has 1 amide bonds. The van der Waals surface area contributed by atoms with Crippen LogP contribution in [0.4, 0.5) is 0 Å². The summed E-state index contributed by atoms with van der Waals surface area (Å²) in [5, 5.41) is 1.82. The van der Waals surface area contributed by atoms with E-state index in [1.807, 2.05) is 54.5 Å². The fraction of sp³-hybridized carbons (Fsp3) is 0.286. The monoisotopic (exact) mass is 260 g/mol. The van der Waals surface area contributed by atoms with E-state index in [1.54, 1.807) is 0 Å². The maximum atomic E-state index is 12.4. The Morgan fingerprint density at radius 1 is 1.33 bits per heavy atom. The van der Waals surface area contributed by atoms with E-state index < -0.39 is 0 Å². The average molecular weight is 260 g/mol. The number of amides is 1. The highest BCUT2D eigenvalue weighted by Crippen LogP contribution is 2.14. The first-order chi connectivity index (χ1) is 8.72. The summed E-state index contributed by atoms with van der Waals surface area (Å²) in [4.78, 5) is 14.2. The molecule has 0 atom stereocenters. The molecule has 4 heteroatoms. The molecular formula is C14H16N2OS. The van der Waals surface area contributed by atoms with E-state index in [-0.39, 0.29) is 5.91 Å². The number of rotatable bonds is 4. The molecule has 1 aromatic heterocycles. The molecule has 0 aliphatic rings. The van der Waals surface area contributed by atoms with Gasteiger partial charge in [-0.3, -0.25) is 4.79 Å². The van der Waals surface area contributed by atoms with Gasteiger partial charge >= 0.3 is 0 Å². The highest BCUT2D eigenvalue weighted by atomic mass is 32.1. The molecule has 0 saturated carbocycles. The van der Waals surface area contributed by atoms with Crippen molar-refractivity contribution < 1.29 is 4.79 Å². The Morgan fingerprint density at radius 2 is 2.06 bits per heavy atom. The summed E-state index contributed by atoms with van der Waals surface area (Å²) >= 11 is 1.33. The molecule has 3 nitrogen and oxygen atoms in total. The molecule has 0 aliphatic carbocycles. The van der Waals surface area contributed by atoms with E-state index in [1.165, 1.54) is 11.5 Å². The van der Waals surface area contributed by atoms with Crippen molar-refractivity contribution in [3.63, 3.8) is 0 Å². The van der Waals surface area contributed by atoms with Gasteiger partial charge in [0.2, 0.25) is 0 Å². The van der Waals surface area contributed by atoms with Crippen LogP contribution in [-0.4, -0.2) is 21.7 Å². The lowest BCUT2D eigenvalue weighted by Gasteiger charge is -2.20. The van der Waals surface area contributed by atoms with Crippen LogP contribution in [0.1, 0.15) is 28.5 Å². The van der Waals surface area contributed by atoms with Gasteiger partial charge in [-0.1, -0.05) is 30.3 Å². The number of aryl methyl sites for hydroxylation is 1. The second-order valence-corrected chi connectivity index (χ2v) is 4.75. The van der Waals surface area contributed by atoms with Crippen molar-refractivity contribution in [1.29, 1.82) is 0 Å². The Labute approximate surface area is 111 Å². The van der Waals surface area contributed by atoms with Crippen LogP contribution < -0.4 is 0 Å². The minimum absolute atomic E-state index is 0.0626. The number of carbonyl (C=O) groups excluding carboxylic acids is 1. The van der Waals surface area contributed by atoms with Gasteiger partial charge in [-0.15, -0.1) is 0 Å². The van der Waals surface area contributed by atoms with Gasteiger partial charge < -0.3 is 4.90 Å². The summed E-state index contributed by atoms with van der Waals surface area (Å²) in [6.45, 7) is 5.21. The SMILES string of the molecule is CCN(Cc1ccccc1)C(=O)c1csnc1C. The van der Waals surface area contributed by atoms with Crippen LogP contribution in [0.3, 0.4) is 0 Å². The van der Waals surface area contributed by atoms with E-state index >= 15 is 0 Å². The van der Waals surface area contributed by atoms with Gasteiger partial charge in [0.15, 0.2) is 0 Å². The van der Waals surface area contributed by atoms with Gasteiger partial charge in [0.25, 0.3) is 5.91 Å². The Bertz CT molecular complexity index is 522. The summed E-state index contributed by atoms with van der Waals surface area (Å²) in [6, 6.07) is 10.0. The van der Waals surface area contributed by atoms with Crippen molar-refractivity contribution in [3.05, 3.63) is 52.5 Å². The van der Waals surface area contributed by atoms with E-state index in [4.69, 9.17) is 0 Å². The number of hydrogen-bond donors (Lipinski definition) is 0. The summed E-state index contributed by atoms with van der Waals surface area (Å²) in [5.74, 6) is 0.0626. The second-order valence-electron chi connectivity index (χ2n) is 4.12. The highest BCUT2D eigenvalue weighted by Gasteiger charge is 2.17. The number of aromatic nitrogens is 1. The molecule has 0 saturated heterocycles. The van der Waals surface area contributed by atoms with E-state index in [0.717, 1.165) is 16.8 Å². The molecule has 0 spiro atoms. The first-order valence-electron chi connectivity index (χ1n) is 5.96. The molecule has 0 aliphatic heterocycles. The van der Waals surface area contributed by atoms with Crippen molar-refractivity contribution in [1.82, 2.24) is 9.27 Å². The minimum Gasteiger partial charge on any atom is -0.335 e. The third-order valence-corrected chi connectivity index (χ3v) is 3.59. The molecule has 18 heavy (non-hydrogen) atoms.